The molecule has 0 aromatic heterocycles. The van der Waals surface area contributed by atoms with Gasteiger partial charge in [0.25, 0.3) is 0 Å². The Hall–Kier alpha value is -2.83. The van der Waals surface area contributed by atoms with Gasteiger partial charge in [-0.15, -0.1) is 0 Å². The van der Waals surface area contributed by atoms with Crippen molar-refractivity contribution in [2.24, 2.45) is 5.92 Å². The molecule has 2 rings (SSSR count). The Labute approximate surface area is 199 Å². The lowest BCUT2D eigenvalue weighted by Crippen LogP contribution is -2.38. The third kappa shape index (κ3) is 7.62. The van der Waals surface area contributed by atoms with Crippen LogP contribution in [-0.4, -0.2) is 39.0 Å². The van der Waals surface area contributed by atoms with E-state index in [1.54, 1.807) is 12.2 Å². The Morgan fingerprint density at radius 1 is 1.15 bits per heavy atom. The van der Waals surface area contributed by atoms with Crippen molar-refractivity contribution in [1.82, 2.24) is 4.31 Å². The predicted octanol–water partition coefficient (Wildman–Crippen LogP) is 5.73. The van der Waals surface area contributed by atoms with Crippen molar-refractivity contribution < 1.29 is 17.9 Å². The largest absolute Gasteiger partial charge is 0.494 e. The lowest BCUT2D eigenvalue weighted by molar-refractivity contribution is 0.0920. The summed E-state index contributed by atoms with van der Waals surface area (Å²) in [4.78, 5) is 0.0410. The third-order valence-corrected chi connectivity index (χ3v) is 7.53. The number of ether oxygens (including phenoxy) is 2. The molecule has 2 aliphatic rings. The molecule has 5 nitrogen and oxygen atoms in total. The van der Waals surface area contributed by atoms with E-state index in [9.17, 15) is 8.42 Å². The van der Waals surface area contributed by atoms with Crippen LogP contribution < -0.4 is 0 Å². The van der Waals surface area contributed by atoms with Gasteiger partial charge in [-0.3, -0.25) is 0 Å². The molecule has 2 aliphatic heterocycles. The molecule has 0 spiro atoms. The molecule has 0 N–H and O–H groups in total. The zero-order chi connectivity index (χ0) is 24.3. The van der Waals surface area contributed by atoms with Crippen LogP contribution in [0.1, 0.15) is 26.7 Å². The summed E-state index contributed by atoms with van der Waals surface area (Å²) in [6, 6.07) is 0. The topological polar surface area (TPSA) is 55.8 Å². The maximum absolute atomic E-state index is 12.9. The number of hydrogen-bond donors (Lipinski definition) is 0. The number of hydrogen-bond acceptors (Lipinski definition) is 4. The molecule has 0 aromatic carbocycles. The highest BCUT2D eigenvalue weighted by Crippen LogP contribution is 2.29. The second-order valence-corrected chi connectivity index (χ2v) is 9.77. The minimum absolute atomic E-state index is 0.0410. The van der Waals surface area contributed by atoms with Crippen LogP contribution in [0.15, 0.2) is 108 Å². The zero-order valence-corrected chi connectivity index (χ0v) is 20.5. The predicted molar refractivity (Wildman–Crippen MR) is 137 cm³/mol. The fourth-order valence-corrected chi connectivity index (χ4v) is 4.84. The molecule has 1 saturated heterocycles. The van der Waals surface area contributed by atoms with E-state index < -0.39 is 10.0 Å². The Kier molecular flexibility index (Phi) is 10.4. The number of allylic oxidation sites excluding steroid dienone is 12. The highest BCUT2D eigenvalue weighted by molar-refractivity contribution is 7.93. The van der Waals surface area contributed by atoms with Crippen molar-refractivity contribution in [2.75, 3.05) is 26.3 Å². The maximum Gasteiger partial charge on any atom is 0.242 e. The van der Waals surface area contributed by atoms with Crippen LogP contribution in [0.2, 0.25) is 0 Å². The van der Waals surface area contributed by atoms with E-state index in [0.717, 1.165) is 24.0 Å². The molecule has 33 heavy (non-hydrogen) atoms. The maximum atomic E-state index is 12.9. The molecular weight excluding hydrogens is 434 g/mol. The summed E-state index contributed by atoms with van der Waals surface area (Å²) in [5.41, 5.74) is 3.38. The van der Waals surface area contributed by atoms with Gasteiger partial charge in [0.05, 0.1) is 4.91 Å². The van der Waals surface area contributed by atoms with Crippen LogP contribution in [0.25, 0.3) is 0 Å². The van der Waals surface area contributed by atoms with Crippen molar-refractivity contribution >= 4 is 10.0 Å². The highest BCUT2D eigenvalue weighted by Gasteiger charge is 2.30. The summed E-state index contributed by atoms with van der Waals surface area (Å²) >= 11 is 0. The first-order valence-corrected chi connectivity index (χ1v) is 12.6. The first-order chi connectivity index (χ1) is 15.8. The minimum Gasteiger partial charge on any atom is -0.494 e. The molecule has 0 unspecified atom stereocenters. The van der Waals surface area contributed by atoms with Crippen molar-refractivity contribution in [1.29, 1.82) is 0 Å². The van der Waals surface area contributed by atoms with E-state index in [4.69, 9.17) is 9.47 Å². The molecule has 1 fully saturated rings. The van der Waals surface area contributed by atoms with E-state index >= 15 is 0 Å². The summed E-state index contributed by atoms with van der Waals surface area (Å²) in [6.07, 6.45) is 19.8. The normalized spacial score (nSPS) is 19.8. The van der Waals surface area contributed by atoms with Crippen LogP contribution in [0.4, 0.5) is 0 Å². The van der Waals surface area contributed by atoms with Gasteiger partial charge in [0.15, 0.2) is 5.76 Å². The molecule has 0 radical (unpaired) electrons. The molecule has 2 heterocycles. The lowest BCUT2D eigenvalue weighted by atomic mass is 9.89. The van der Waals surface area contributed by atoms with Gasteiger partial charge in [-0.05, 0) is 61.5 Å². The second-order valence-electron chi connectivity index (χ2n) is 7.78. The monoisotopic (exact) mass is 469 g/mol. The van der Waals surface area contributed by atoms with Gasteiger partial charge < -0.3 is 9.47 Å². The van der Waals surface area contributed by atoms with Crippen molar-refractivity contribution in [2.45, 2.75) is 26.7 Å². The van der Waals surface area contributed by atoms with Gasteiger partial charge in [0, 0.05) is 13.1 Å². The van der Waals surface area contributed by atoms with Gasteiger partial charge in [-0.25, -0.2) is 8.42 Å². The Morgan fingerprint density at radius 2 is 1.88 bits per heavy atom. The fraction of sp³-hybridized carbons (Fsp3) is 0.333. The van der Waals surface area contributed by atoms with Gasteiger partial charge in [0.1, 0.15) is 19.5 Å². The van der Waals surface area contributed by atoms with E-state index in [1.165, 1.54) is 22.2 Å². The van der Waals surface area contributed by atoms with Crippen molar-refractivity contribution in [3.63, 3.8) is 0 Å². The molecule has 6 heteroatoms. The van der Waals surface area contributed by atoms with E-state index in [-0.39, 0.29) is 10.8 Å². The standard InChI is InChI=1S/C27H35NO4S/c1-6-10-25(22(4)7-2)12-9-11-24(8-3)26-15-17-28(18-16-26)33(29,30)23(5)13-14-27-21-31-19-20-32-27/h6-14,21,26H,1,3,5,15-20H2,2,4H3/b12-9-,14-13-,22-7+,24-11+,25-10-. The fourth-order valence-electron chi connectivity index (χ4n) is 3.57. The Balaban J connectivity index is 2.01. The first-order valence-electron chi connectivity index (χ1n) is 11.1. The summed E-state index contributed by atoms with van der Waals surface area (Å²) in [6.45, 7) is 17.4. The molecule has 0 atom stereocenters. The molecule has 0 amide bonds. The van der Waals surface area contributed by atoms with Crippen molar-refractivity contribution in [3.8, 4) is 0 Å². The number of nitrogens with zero attached hydrogens (tertiary/aromatic N) is 1. The third-order valence-electron chi connectivity index (χ3n) is 5.69. The molecular formula is C27H35NO4S. The van der Waals surface area contributed by atoms with Gasteiger partial charge in [-0.1, -0.05) is 62.3 Å². The number of rotatable bonds is 10. The Bertz CT molecular complexity index is 1010. The first kappa shape index (κ1) is 26.4. The average molecular weight is 470 g/mol. The second kappa shape index (κ2) is 13.0. The van der Waals surface area contributed by atoms with Gasteiger partial charge >= 0.3 is 0 Å². The molecule has 178 valence electrons. The number of sulfonamides is 1. The van der Waals surface area contributed by atoms with Crippen molar-refractivity contribution in [3.05, 3.63) is 108 Å². The Morgan fingerprint density at radius 3 is 2.45 bits per heavy atom. The summed E-state index contributed by atoms with van der Waals surface area (Å²) in [7, 11) is -3.62. The van der Waals surface area contributed by atoms with E-state index in [0.29, 0.717) is 32.1 Å². The quantitative estimate of drug-likeness (QED) is 0.383. The summed E-state index contributed by atoms with van der Waals surface area (Å²) in [5.74, 6) is 0.746. The lowest BCUT2D eigenvalue weighted by Gasteiger charge is -2.32. The smallest absolute Gasteiger partial charge is 0.242 e. The van der Waals surface area contributed by atoms with E-state index in [1.807, 2.05) is 31.2 Å². The van der Waals surface area contributed by atoms with Gasteiger partial charge in [0.2, 0.25) is 10.0 Å². The zero-order valence-electron chi connectivity index (χ0n) is 19.7. The summed E-state index contributed by atoms with van der Waals surface area (Å²) in [5, 5.41) is 0. The minimum atomic E-state index is -3.62. The van der Waals surface area contributed by atoms with Crippen LogP contribution in [-0.2, 0) is 19.5 Å². The molecule has 0 saturated carbocycles. The number of piperidine rings is 1. The highest BCUT2D eigenvalue weighted by atomic mass is 32.2. The SMILES string of the molecule is C=C/C=C(/C=C\C=C(/C=C)C1CCN(S(=O)(=O)C(=C)/C=C\C2=COCCO2)CC1)C(\C)=C\C. The molecule has 0 bridgehead atoms. The molecule has 0 aromatic rings. The van der Waals surface area contributed by atoms with Crippen LogP contribution in [0.3, 0.4) is 0 Å². The molecule has 0 aliphatic carbocycles. The van der Waals surface area contributed by atoms with Gasteiger partial charge in [-0.2, -0.15) is 4.31 Å². The van der Waals surface area contributed by atoms with E-state index in [2.05, 4.69) is 38.8 Å². The van der Waals surface area contributed by atoms with Crippen LogP contribution in [0, 0.1) is 5.92 Å². The van der Waals surface area contributed by atoms with Crippen LogP contribution in [0.5, 0.6) is 0 Å². The van der Waals surface area contributed by atoms with Crippen LogP contribution >= 0.6 is 0 Å². The summed E-state index contributed by atoms with van der Waals surface area (Å²) < 4.78 is 37.9. The average Bonchev–Trinajstić information content (AvgIpc) is 2.84.